The molecule has 104 valence electrons. The molecular weight excluding hydrogens is 260 g/mol. The topological polar surface area (TPSA) is 29.1 Å². The average Bonchev–Trinajstić information content (AvgIpc) is 2.43. The number of carbonyl (C=O) groups excluding carboxylic acids is 1. The first kappa shape index (κ1) is 14.2. The predicted octanol–water partition coefficient (Wildman–Crippen LogP) is 3.88. The zero-order chi connectivity index (χ0) is 14.8. The molecule has 0 spiro atoms. The highest BCUT2D eigenvalue weighted by Gasteiger charge is 2.30. The fourth-order valence-corrected chi connectivity index (χ4v) is 1.86. The first-order chi connectivity index (χ1) is 9.41. The number of halogens is 2. The third-order valence-corrected chi connectivity index (χ3v) is 3.24. The maximum Gasteiger partial charge on any atom is 0.234 e. The summed E-state index contributed by atoms with van der Waals surface area (Å²) in [7, 11) is 0. The van der Waals surface area contributed by atoms with Crippen LogP contribution in [0.15, 0.2) is 48.5 Å². The maximum absolute atomic E-state index is 13.5. The molecule has 0 unspecified atom stereocenters. The summed E-state index contributed by atoms with van der Waals surface area (Å²) in [6, 6.07) is 12.1. The summed E-state index contributed by atoms with van der Waals surface area (Å²) < 4.78 is 26.6. The number of benzene rings is 2. The lowest BCUT2D eigenvalue weighted by Crippen LogP contribution is -2.35. The maximum atomic E-state index is 13.5. The minimum atomic E-state index is -0.847. The van der Waals surface area contributed by atoms with Gasteiger partial charge in [-0.25, -0.2) is 8.78 Å². The first-order valence-electron chi connectivity index (χ1n) is 6.23. The highest BCUT2D eigenvalue weighted by atomic mass is 19.1. The number of amides is 1. The van der Waals surface area contributed by atoms with Gasteiger partial charge in [0.25, 0.3) is 0 Å². The van der Waals surface area contributed by atoms with Crippen molar-refractivity contribution in [3.63, 3.8) is 0 Å². The Bertz CT molecular complexity index is 624. The van der Waals surface area contributed by atoms with Crippen LogP contribution >= 0.6 is 0 Å². The van der Waals surface area contributed by atoms with Crippen molar-refractivity contribution < 1.29 is 13.6 Å². The lowest BCUT2D eigenvalue weighted by molar-refractivity contribution is -0.120. The summed E-state index contributed by atoms with van der Waals surface area (Å²) >= 11 is 0. The largest absolute Gasteiger partial charge is 0.323 e. The van der Waals surface area contributed by atoms with E-state index in [4.69, 9.17) is 0 Å². The van der Waals surface area contributed by atoms with Crippen molar-refractivity contribution in [2.75, 3.05) is 5.32 Å². The van der Waals surface area contributed by atoms with Gasteiger partial charge in [-0.2, -0.15) is 0 Å². The normalized spacial score (nSPS) is 11.2. The number of carbonyl (C=O) groups is 1. The van der Waals surface area contributed by atoms with E-state index >= 15 is 0 Å². The quantitative estimate of drug-likeness (QED) is 0.905. The number of hydrogen-bond acceptors (Lipinski definition) is 1. The van der Waals surface area contributed by atoms with E-state index in [0.717, 1.165) is 23.8 Å². The Labute approximate surface area is 116 Å². The second-order valence-corrected chi connectivity index (χ2v) is 5.07. The SMILES string of the molecule is CC(C)(C(=O)Nc1cc(F)ccc1F)c1ccccc1. The van der Waals surface area contributed by atoms with Gasteiger partial charge < -0.3 is 5.32 Å². The number of hydrogen-bond donors (Lipinski definition) is 1. The molecule has 0 aliphatic rings. The van der Waals surface area contributed by atoms with Gasteiger partial charge in [0.15, 0.2) is 0 Å². The molecule has 0 saturated carbocycles. The molecule has 20 heavy (non-hydrogen) atoms. The monoisotopic (exact) mass is 275 g/mol. The van der Waals surface area contributed by atoms with Crippen LogP contribution in [0.3, 0.4) is 0 Å². The summed E-state index contributed by atoms with van der Waals surface area (Å²) in [5.74, 6) is -1.66. The van der Waals surface area contributed by atoms with Gasteiger partial charge in [-0.15, -0.1) is 0 Å². The summed E-state index contributed by atoms with van der Waals surface area (Å²) in [5, 5.41) is 2.44. The molecule has 2 aromatic carbocycles. The molecule has 0 heterocycles. The molecule has 1 N–H and O–H groups in total. The summed E-state index contributed by atoms with van der Waals surface area (Å²) in [6.07, 6.45) is 0. The highest BCUT2D eigenvalue weighted by molar-refractivity contribution is 5.98. The highest BCUT2D eigenvalue weighted by Crippen LogP contribution is 2.25. The van der Waals surface area contributed by atoms with Crippen molar-refractivity contribution in [3.8, 4) is 0 Å². The molecule has 0 aliphatic carbocycles. The molecule has 2 aromatic rings. The van der Waals surface area contributed by atoms with E-state index in [-0.39, 0.29) is 5.69 Å². The van der Waals surface area contributed by atoms with Crippen molar-refractivity contribution in [1.82, 2.24) is 0 Å². The van der Waals surface area contributed by atoms with Crippen LogP contribution in [0.4, 0.5) is 14.5 Å². The number of anilines is 1. The molecule has 0 saturated heterocycles. The third-order valence-electron chi connectivity index (χ3n) is 3.24. The van der Waals surface area contributed by atoms with Crippen molar-refractivity contribution in [2.45, 2.75) is 19.3 Å². The van der Waals surface area contributed by atoms with Crippen LogP contribution in [0, 0.1) is 11.6 Å². The third kappa shape index (κ3) is 2.85. The number of rotatable bonds is 3. The van der Waals surface area contributed by atoms with Crippen molar-refractivity contribution >= 4 is 11.6 Å². The smallest absolute Gasteiger partial charge is 0.234 e. The Morgan fingerprint density at radius 3 is 2.35 bits per heavy atom. The van der Waals surface area contributed by atoms with Gasteiger partial charge in [-0.1, -0.05) is 30.3 Å². The standard InChI is InChI=1S/C16H15F2NO/c1-16(2,11-6-4-3-5-7-11)15(20)19-14-10-12(17)8-9-13(14)18/h3-10H,1-2H3,(H,19,20). The minimum Gasteiger partial charge on any atom is -0.323 e. The van der Waals surface area contributed by atoms with Gasteiger partial charge in [0.1, 0.15) is 11.6 Å². The molecule has 1 amide bonds. The van der Waals surface area contributed by atoms with Gasteiger partial charge >= 0.3 is 0 Å². The van der Waals surface area contributed by atoms with Crippen LogP contribution in [0.2, 0.25) is 0 Å². The van der Waals surface area contributed by atoms with Crippen LogP contribution in [0.1, 0.15) is 19.4 Å². The second kappa shape index (κ2) is 5.41. The summed E-state index contributed by atoms with van der Waals surface area (Å²) in [4.78, 5) is 12.3. The zero-order valence-corrected chi connectivity index (χ0v) is 11.3. The van der Waals surface area contributed by atoms with Crippen LogP contribution in [-0.2, 0) is 10.2 Å². The molecule has 2 nitrogen and oxygen atoms in total. The number of nitrogens with one attached hydrogen (secondary N) is 1. The Hall–Kier alpha value is -2.23. The fourth-order valence-electron chi connectivity index (χ4n) is 1.86. The van der Waals surface area contributed by atoms with E-state index in [9.17, 15) is 13.6 Å². The molecule has 0 aromatic heterocycles. The van der Waals surface area contributed by atoms with Crippen molar-refractivity contribution in [1.29, 1.82) is 0 Å². The Balaban J connectivity index is 2.26. The van der Waals surface area contributed by atoms with E-state index in [0.29, 0.717) is 0 Å². The Kier molecular flexibility index (Phi) is 3.84. The Morgan fingerprint density at radius 2 is 1.70 bits per heavy atom. The van der Waals surface area contributed by atoms with Gasteiger partial charge in [-0.3, -0.25) is 4.79 Å². The predicted molar refractivity (Wildman–Crippen MR) is 74.5 cm³/mol. The molecular formula is C16H15F2NO. The van der Waals surface area contributed by atoms with Gasteiger partial charge in [0.2, 0.25) is 5.91 Å². The summed E-state index contributed by atoms with van der Waals surface area (Å²) in [6.45, 7) is 3.46. The average molecular weight is 275 g/mol. The van der Waals surface area contributed by atoms with E-state index < -0.39 is 23.0 Å². The van der Waals surface area contributed by atoms with Crippen molar-refractivity contribution in [2.24, 2.45) is 0 Å². The molecule has 0 radical (unpaired) electrons. The fraction of sp³-hybridized carbons (Fsp3) is 0.188. The molecule has 0 bridgehead atoms. The van der Waals surface area contributed by atoms with Crippen molar-refractivity contribution in [3.05, 3.63) is 65.7 Å². The van der Waals surface area contributed by atoms with Gasteiger partial charge in [-0.05, 0) is 31.5 Å². The molecule has 2 rings (SSSR count). The molecule has 0 aliphatic heterocycles. The molecule has 4 heteroatoms. The van der Waals surface area contributed by atoms with Gasteiger partial charge in [0, 0.05) is 6.07 Å². The van der Waals surface area contributed by atoms with Crippen LogP contribution in [0.5, 0.6) is 0 Å². The second-order valence-electron chi connectivity index (χ2n) is 5.07. The lowest BCUT2D eigenvalue weighted by atomic mass is 9.83. The van der Waals surface area contributed by atoms with Crippen LogP contribution in [-0.4, -0.2) is 5.91 Å². The lowest BCUT2D eigenvalue weighted by Gasteiger charge is -2.24. The van der Waals surface area contributed by atoms with E-state index in [1.54, 1.807) is 13.8 Å². The van der Waals surface area contributed by atoms with E-state index in [2.05, 4.69) is 5.32 Å². The Morgan fingerprint density at radius 1 is 1.05 bits per heavy atom. The molecule has 0 fully saturated rings. The minimum absolute atomic E-state index is 0.154. The van der Waals surface area contributed by atoms with Crippen LogP contribution in [0.25, 0.3) is 0 Å². The van der Waals surface area contributed by atoms with Gasteiger partial charge in [0.05, 0.1) is 11.1 Å². The van der Waals surface area contributed by atoms with E-state index in [1.807, 2.05) is 30.3 Å². The summed E-state index contributed by atoms with van der Waals surface area (Å²) in [5.41, 5.74) is -0.201. The zero-order valence-electron chi connectivity index (χ0n) is 11.3. The molecule has 0 atom stereocenters. The van der Waals surface area contributed by atoms with Crippen LogP contribution < -0.4 is 5.32 Å². The first-order valence-corrected chi connectivity index (χ1v) is 6.23. The van der Waals surface area contributed by atoms with E-state index in [1.165, 1.54) is 0 Å².